The third kappa shape index (κ3) is 10.5. The maximum Gasteiger partial charge on any atom is 0.155 e. The lowest BCUT2D eigenvalue weighted by molar-refractivity contribution is -0.129. The highest BCUT2D eigenvalue weighted by atomic mass is 16.3. The Labute approximate surface area is 543 Å². The normalized spacial score (nSPS) is 54.5. The molecule has 0 amide bonds. The first-order valence-corrected chi connectivity index (χ1v) is 37.5. The monoisotopic (exact) mass is 1230 g/mol. The van der Waals surface area contributed by atoms with Crippen molar-refractivity contribution in [3.8, 4) is 24.7 Å². The molecule has 90 heavy (non-hydrogen) atoms. The van der Waals surface area contributed by atoms with Crippen LogP contribution in [-0.2, 0) is 9.59 Å². The number of terminal acetylenes is 2. The number of rotatable bonds is 2. The van der Waals surface area contributed by atoms with E-state index in [4.69, 9.17) is 18.6 Å². The van der Waals surface area contributed by atoms with Gasteiger partial charge >= 0.3 is 0 Å². The first-order valence-electron chi connectivity index (χ1n) is 37.5. The van der Waals surface area contributed by atoms with Crippen LogP contribution in [0.15, 0.2) is 47.6 Å². The standard InChI is InChI=1S/C21H30O2.C21H32O2.C20H28O2.C19H29NO2/c1-4-21(23)10-8-15-14(12-21)11-13(2)19-16(15)7-9-20(3)17(19)5-6-18(20)22;1-4-21(23)10-8-18-19-13(2)11-14-12-15(22)5-6-16(14)17(19)7-9-20(18,21)3;1-3-20(22)11-9-14-13(12-20)4-5-16-15(14)8-10-19(2)17(16)6-7-18(19)21;1-18-8-6-15-14-5-3-13(21)10-12(14)2-4-16(15)17(18)7-9-19(18,22)11-20/h1,5-6,13-19,22-23H,7-12H2,2-3H3;12-13,16-19,23H,4-11H2,1-3H3;1,6-7,13-18,21-22H,4-5,8-12H2,2H3;10,14-17,22H,2-9,11,20H2,1H3/t13-,14-,15+,16?,17?,18+,19-,20+,21+;13-,16+,17-,18+,19-,20+,21+;13-,14+,15?,16-,17?,18+,19+,20+;14-,15+,16+,17-,18-,19+/m1110/s1. The van der Waals surface area contributed by atoms with E-state index in [2.05, 4.69) is 72.5 Å². The molecule has 16 rings (SSSR count). The van der Waals surface area contributed by atoms with Gasteiger partial charge in [-0.05, 0) is 309 Å². The molecule has 0 saturated heterocycles. The molecular formula is C81H119NO8. The van der Waals surface area contributed by atoms with Crippen molar-refractivity contribution in [3.63, 3.8) is 0 Å². The lowest BCUT2D eigenvalue weighted by atomic mass is 9.47. The number of aliphatic hydroxyl groups is 6. The quantitative estimate of drug-likeness (QED) is 0.105. The molecule has 12 fully saturated rings. The van der Waals surface area contributed by atoms with Gasteiger partial charge in [-0.3, -0.25) is 9.59 Å². The SMILES string of the molecule is C#C[C@]1(O)CC[C@@H]2C3CC[C@@]4(C)C(C=C[C@@H]4O)[C@@H]3CC[C@@H]2C1.C#C[C@]1(O)CC[C@@H]2C3CC[C@@]4(C)C(C=C[C@@H]4O)[C@@H]3[C@H](C)C[C@@H]2C1.CC[C@]1(O)CC[C@H]2[C@H]3[C@H](CC[C@@]21C)[C@H]1CCC(=O)C=C1C[C@H]3C.C[C@]12CC[C@H]3[C@@H](CCC4=CC(=O)CC[C@@H]43)[C@@H]1CC[C@@]2(O)CN. The van der Waals surface area contributed by atoms with Crippen LogP contribution >= 0.6 is 0 Å². The highest BCUT2D eigenvalue weighted by molar-refractivity contribution is 5.91. The summed E-state index contributed by atoms with van der Waals surface area (Å²) in [5.74, 6) is 19.6. The fraction of sp³-hybridized carbons (Fsp3) is 0.827. The largest absolute Gasteiger partial charge is 0.389 e. The lowest BCUT2D eigenvalue weighted by Gasteiger charge is -2.58. The van der Waals surface area contributed by atoms with Crippen LogP contribution in [0.25, 0.3) is 0 Å². The summed E-state index contributed by atoms with van der Waals surface area (Å²) in [4.78, 5) is 23.5. The fourth-order valence-electron chi connectivity index (χ4n) is 27.2. The van der Waals surface area contributed by atoms with Gasteiger partial charge in [-0.15, -0.1) is 12.8 Å². The zero-order valence-electron chi connectivity index (χ0n) is 56.6. The van der Waals surface area contributed by atoms with Crippen LogP contribution in [0.3, 0.4) is 0 Å². The summed E-state index contributed by atoms with van der Waals surface area (Å²) in [6, 6.07) is 0. The Bertz CT molecular complexity index is 2950. The van der Waals surface area contributed by atoms with Gasteiger partial charge in [0.25, 0.3) is 0 Å². The number of hydrogen-bond donors (Lipinski definition) is 7. The van der Waals surface area contributed by atoms with Crippen LogP contribution in [-0.4, -0.2) is 83.4 Å². The minimum Gasteiger partial charge on any atom is -0.389 e. The van der Waals surface area contributed by atoms with Crippen molar-refractivity contribution in [2.75, 3.05) is 6.54 Å². The van der Waals surface area contributed by atoms with E-state index in [1.165, 1.54) is 75.4 Å². The number of hydrogen-bond acceptors (Lipinski definition) is 9. The minimum atomic E-state index is -0.861. The zero-order valence-corrected chi connectivity index (χ0v) is 56.6. The molecular weight excluding hydrogens is 1110 g/mol. The molecule has 0 radical (unpaired) electrons. The van der Waals surface area contributed by atoms with Gasteiger partial charge in [-0.1, -0.05) is 95.8 Å². The van der Waals surface area contributed by atoms with Crippen molar-refractivity contribution in [1.82, 2.24) is 0 Å². The highest BCUT2D eigenvalue weighted by Gasteiger charge is 2.65. The van der Waals surface area contributed by atoms with Crippen molar-refractivity contribution in [2.45, 2.75) is 269 Å². The molecule has 0 spiro atoms. The Kier molecular flexibility index (Phi) is 17.6. The average molecular weight is 1230 g/mol. The third-order valence-corrected chi connectivity index (χ3v) is 32.4. The topological polar surface area (TPSA) is 182 Å². The lowest BCUT2D eigenvalue weighted by Crippen LogP contribution is -2.55. The summed E-state index contributed by atoms with van der Waals surface area (Å²) >= 11 is 0. The minimum absolute atomic E-state index is 0.00855. The Morgan fingerprint density at radius 3 is 1.68 bits per heavy atom. The van der Waals surface area contributed by atoms with Crippen molar-refractivity contribution in [1.29, 1.82) is 0 Å². The highest BCUT2D eigenvalue weighted by Crippen LogP contribution is 2.69. The number of nitrogens with two attached hydrogens (primary N) is 1. The molecule has 9 nitrogen and oxygen atoms in total. The number of aliphatic hydroxyl groups excluding tert-OH is 2. The number of fused-ring (bicyclic) bond motifs is 20. The van der Waals surface area contributed by atoms with Crippen molar-refractivity contribution in [2.24, 2.45) is 146 Å². The Balaban J connectivity index is 0.000000110. The van der Waals surface area contributed by atoms with E-state index >= 15 is 0 Å². The molecule has 16 aliphatic rings. The maximum absolute atomic E-state index is 11.8. The summed E-state index contributed by atoms with van der Waals surface area (Å²) in [5.41, 5.74) is 6.30. The van der Waals surface area contributed by atoms with E-state index in [0.717, 1.165) is 175 Å². The molecule has 0 aromatic rings. The number of carbonyl (C=O) groups excluding carboxylic acids is 2. The Morgan fingerprint density at radius 2 is 1.03 bits per heavy atom. The van der Waals surface area contributed by atoms with Crippen LogP contribution in [0.1, 0.15) is 235 Å². The number of allylic oxidation sites excluding steroid dienone is 4. The van der Waals surface area contributed by atoms with Crippen LogP contribution < -0.4 is 5.73 Å². The maximum atomic E-state index is 11.8. The van der Waals surface area contributed by atoms with Crippen LogP contribution in [0, 0.1) is 165 Å². The summed E-state index contributed by atoms with van der Waals surface area (Å²) in [7, 11) is 0. The smallest absolute Gasteiger partial charge is 0.155 e. The fourth-order valence-corrected chi connectivity index (χ4v) is 27.2. The van der Waals surface area contributed by atoms with Crippen molar-refractivity contribution < 1.29 is 40.2 Å². The van der Waals surface area contributed by atoms with Gasteiger partial charge in [0.05, 0.1) is 23.4 Å². The molecule has 30 atom stereocenters. The predicted octanol–water partition coefficient (Wildman–Crippen LogP) is 13.9. The Hall–Kier alpha value is -2.86. The average Bonchev–Trinajstić information content (AvgIpc) is 1.86. The molecule has 0 aliphatic heterocycles. The van der Waals surface area contributed by atoms with Crippen molar-refractivity contribution in [3.05, 3.63) is 47.6 Å². The number of ketones is 2. The molecule has 12 saturated carbocycles. The molecule has 0 heterocycles. The summed E-state index contributed by atoms with van der Waals surface area (Å²) < 4.78 is 0. The molecule has 8 N–H and O–H groups in total. The van der Waals surface area contributed by atoms with E-state index in [1.54, 1.807) is 0 Å². The van der Waals surface area contributed by atoms with E-state index in [0.29, 0.717) is 83.2 Å². The molecule has 9 heteroatoms. The van der Waals surface area contributed by atoms with E-state index in [-0.39, 0.29) is 33.9 Å². The summed E-state index contributed by atoms with van der Waals surface area (Å²) in [5, 5.41) is 64.1. The first-order chi connectivity index (χ1) is 42.7. The van der Waals surface area contributed by atoms with Crippen LogP contribution in [0.2, 0.25) is 0 Å². The first kappa shape index (κ1) is 65.8. The predicted molar refractivity (Wildman–Crippen MR) is 356 cm³/mol. The van der Waals surface area contributed by atoms with Gasteiger partial charge in [-0.2, -0.15) is 0 Å². The van der Waals surface area contributed by atoms with Crippen LogP contribution in [0.4, 0.5) is 0 Å². The van der Waals surface area contributed by atoms with Gasteiger partial charge in [0.15, 0.2) is 11.6 Å². The van der Waals surface area contributed by atoms with E-state index < -0.39 is 22.4 Å². The molecule has 0 aromatic heterocycles. The Morgan fingerprint density at radius 1 is 0.500 bits per heavy atom. The van der Waals surface area contributed by atoms with Gasteiger partial charge < -0.3 is 36.4 Å². The van der Waals surface area contributed by atoms with E-state index in [9.17, 15) is 40.2 Å². The zero-order chi connectivity index (χ0) is 63.9. The van der Waals surface area contributed by atoms with Gasteiger partial charge in [0, 0.05) is 35.6 Å². The molecule has 16 aliphatic carbocycles. The summed E-state index contributed by atoms with van der Waals surface area (Å²) in [6.45, 7) is 16.6. The number of carbonyl (C=O) groups is 2. The van der Waals surface area contributed by atoms with E-state index in [1.807, 2.05) is 24.3 Å². The molecule has 0 bridgehead atoms. The second kappa shape index (κ2) is 24.0. The van der Waals surface area contributed by atoms with Gasteiger partial charge in [0.2, 0.25) is 0 Å². The third-order valence-electron chi connectivity index (χ3n) is 32.4. The molecule has 0 aromatic carbocycles. The van der Waals surface area contributed by atoms with Gasteiger partial charge in [-0.25, -0.2) is 0 Å². The van der Waals surface area contributed by atoms with Crippen LogP contribution in [0.5, 0.6) is 0 Å². The van der Waals surface area contributed by atoms with Gasteiger partial charge in [0.1, 0.15) is 11.2 Å². The second-order valence-electron chi connectivity index (χ2n) is 35.6. The summed E-state index contributed by atoms with van der Waals surface area (Å²) in [6.07, 6.45) is 53.9. The molecule has 496 valence electrons. The second-order valence-corrected chi connectivity index (χ2v) is 35.6. The van der Waals surface area contributed by atoms with Crippen molar-refractivity contribution >= 4 is 11.6 Å². The molecule has 4 unspecified atom stereocenters.